The summed E-state index contributed by atoms with van der Waals surface area (Å²) in [7, 11) is 0. The third-order valence-corrected chi connectivity index (χ3v) is 4.20. The summed E-state index contributed by atoms with van der Waals surface area (Å²) in [6, 6.07) is 3.35. The number of hydrogen-bond acceptors (Lipinski definition) is 6. The van der Waals surface area contributed by atoms with Crippen LogP contribution < -0.4 is 16.0 Å². The molecule has 2 aromatic rings. The molecule has 1 saturated heterocycles. The van der Waals surface area contributed by atoms with Gasteiger partial charge in [-0.2, -0.15) is 31.4 Å². The molecule has 0 radical (unpaired) electrons. The van der Waals surface area contributed by atoms with Gasteiger partial charge in [-0.15, -0.1) is 0 Å². The van der Waals surface area contributed by atoms with Gasteiger partial charge in [-0.1, -0.05) is 0 Å². The molecule has 15 heteroatoms. The second-order valence-corrected chi connectivity index (χ2v) is 6.60. The van der Waals surface area contributed by atoms with Crippen molar-refractivity contribution >= 4 is 28.6 Å². The number of carboxylic acid groups (broad SMARTS) is 1. The van der Waals surface area contributed by atoms with Gasteiger partial charge in [-0.3, -0.25) is 9.48 Å². The van der Waals surface area contributed by atoms with E-state index in [0.29, 0.717) is 18.6 Å². The molecule has 0 unspecified atom stereocenters. The molecule has 1 aromatic carbocycles. The van der Waals surface area contributed by atoms with Crippen LogP contribution in [0, 0.1) is 0 Å². The van der Waals surface area contributed by atoms with Gasteiger partial charge in [0, 0.05) is 18.5 Å². The molecular formula is C17H19F6N5O4. The van der Waals surface area contributed by atoms with Crippen LogP contribution in [0.25, 0.3) is 10.9 Å². The number of aliphatic hydroxyl groups excluding tert-OH is 1. The van der Waals surface area contributed by atoms with Crippen LogP contribution in [-0.4, -0.2) is 70.3 Å². The molecule has 3 rings (SSSR count). The number of fused-ring (bicyclic) bond motifs is 1. The van der Waals surface area contributed by atoms with Crippen molar-refractivity contribution in [1.29, 1.82) is 0 Å². The Kier molecular flexibility index (Phi) is 7.90. The van der Waals surface area contributed by atoms with E-state index in [1.165, 1.54) is 10.7 Å². The van der Waals surface area contributed by atoms with Crippen LogP contribution in [-0.2, 0) is 22.3 Å². The minimum atomic E-state index is -5.08. The number of carboxylic acids is 1. The van der Waals surface area contributed by atoms with E-state index in [1.807, 2.05) is 0 Å². The first-order valence-electron chi connectivity index (χ1n) is 9.05. The molecule has 5 N–H and O–H groups in total. The molecule has 178 valence electrons. The average Bonchev–Trinajstić information content (AvgIpc) is 2.99. The largest absolute Gasteiger partial charge is 0.490 e. The summed E-state index contributed by atoms with van der Waals surface area (Å²) in [6.45, 7) is 1.25. The molecule has 1 amide bonds. The number of nitrogens with zero attached hydrogens (tertiary/aromatic N) is 2. The van der Waals surface area contributed by atoms with Crippen LogP contribution >= 0.6 is 0 Å². The highest BCUT2D eigenvalue weighted by Gasteiger charge is 2.38. The number of alkyl halides is 6. The van der Waals surface area contributed by atoms with Crippen molar-refractivity contribution in [2.24, 2.45) is 0 Å². The fraction of sp³-hybridized carbons (Fsp3) is 0.471. The number of aliphatic hydroxyl groups is 1. The smallest absolute Gasteiger partial charge is 0.475 e. The summed E-state index contributed by atoms with van der Waals surface area (Å²) in [5.74, 6) is -2.84. The molecule has 32 heavy (non-hydrogen) atoms. The number of nitrogens with one attached hydrogen (secondary N) is 3. The number of aromatic nitrogens is 2. The zero-order valence-electron chi connectivity index (χ0n) is 16.2. The predicted octanol–water partition coefficient (Wildman–Crippen LogP) is 1.18. The molecule has 1 aliphatic heterocycles. The normalized spacial score (nSPS) is 14.3. The SMILES string of the molecule is O=C(CNc1nn(CCO)c2ccc(C(F)(F)F)cc12)NC1CNC1.O=C(O)C(F)(F)F. The number of halogens is 6. The Morgan fingerprint density at radius 2 is 1.81 bits per heavy atom. The van der Waals surface area contributed by atoms with Gasteiger partial charge in [0.2, 0.25) is 5.91 Å². The predicted molar refractivity (Wildman–Crippen MR) is 98.8 cm³/mol. The van der Waals surface area contributed by atoms with Gasteiger partial charge in [0.15, 0.2) is 5.82 Å². The van der Waals surface area contributed by atoms with Crippen LogP contribution in [0.1, 0.15) is 5.56 Å². The number of hydrogen-bond donors (Lipinski definition) is 5. The van der Waals surface area contributed by atoms with Crippen molar-refractivity contribution in [2.45, 2.75) is 24.9 Å². The van der Waals surface area contributed by atoms with Crippen molar-refractivity contribution in [2.75, 3.05) is 31.6 Å². The van der Waals surface area contributed by atoms with Crippen LogP contribution in [0.5, 0.6) is 0 Å². The van der Waals surface area contributed by atoms with Crippen LogP contribution in [0.4, 0.5) is 32.2 Å². The first-order valence-corrected chi connectivity index (χ1v) is 9.05. The molecule has 1 fully saturated rings. The fourth-order valence-corrected chi connectivity index (χ4v) is 2.58. The lowest BCUT2D eigenvalue weighted by Crippen LogP contribution is -2.57. The van der Waals surface area contributed by atoms with Gasteiger partial charge in [-0.05, 0) is 18.2 Å². The lowest BCUT2D eigenvalue weighted by molar-refractivity contribution is -0.192. The van der Waals surface area contributed by atoms with Gasteiger partial charge in [-0.25, -0.2) is 4.79 Å². The summed E-state index contributed by atoms with van der Waals surface area (Å²) in [4.78, 5) is 20.8. The lowest BCUT2D eigenvalue weighted by Gasteiger charge is -2.27. The molecule has 0 aliphatic carbocycles. The molecule has 0 saturated carbocycles. The zero-order valence-corrected chi connectivity index (χ0v) is 16.2. The maximum absolute atomic E-state index is 12.9. The highest BCUT2D eigenvalue weighted by Crippen LogP contribution is 2.33. The monoisotopic (exact) mass is 471 g/mol. The number of amides is 1. The fourth-order valence-electron chi connectivity index (χ4n) is 2.58. The van der Waals surface area contributed by atoms with E-state index in [4.69, 9.17) is 15.0 Å². The van der Waals surface area contributed by atoms with Gasteiger partial charge in [0.1, 0.15) is 0 Å². The number of benzene rings is 1. The van der Waals surface area contributed by atoms with E-state index >= 15 is 0 Å². The van der Waals surface area contributed by atoms with Gasteiger partial charge >= 0.3 is 18.3 Å². The van der Waals surface area contributed by atoms with Crippen molar-refractivity contribution in [1.82, 2.24) is 20.4 Å². The Bertz CT molecular complexity index is 955. The summed E-state index contributed by atoms with van der Waals surface area (Å²) in [5, 5.41) is 29.2. The minimum absolute atomic E-state index is 0.0785. The Morgan fingerprint density at radius 3 is 2.28 bits per heavy atom. The summed E-state index contributed by atoms with van der Waals surface area (Å²) < 4.78 is 72.0. The summed E-state index contributed by atoms with van der Waals surface area (Å²) in [5.41, 5.74) is -0.343. The Balaban J connectivity index is 0.000000451. The van der Waals surface area contributed by atoms with Crippen molar-refractivity contribution in [3.63, 3.8) is 0 Å². The summed E-state index contributed by atoms with van der Waals surface area (Å²) >= 11 is 0. The maximum atomic E-state index is 12.9. The standard InChI is InChI=1S/C15H18F3N5O2.C2HF3O2/c16-15(17,18)9-1-2-12-11(5-9)14(22-23(12)3-4-24)20-8-13(25)21-10-6-19-7-10;3-2(4,5)1(6)7/h1-2,5,10,19,24H,3-4,6-8H2,(H,20,22)(H,21,25);(H,6,7). The molecule has 0 spiro atoms. The highest BCUT2D eigenvalue weighted by molar-refractivity contribution is 5.92. The zero-order chi connectivity index (χ0) is 24.1. The molecule has 1 aromatic heterocycles. The van der Waals surface area contributed by atoms with Gasteiger partial charge in [0.05, 0.1) is 36.8 Å². The maximum Gasteiger partial charge on any atom is 0.490 e. The first kappa shape index (κ1) is 25.2. The second-order valence-electron chi connectivity index (χ2n) is 6.60. The highest BCUT2D eigenvalue weighted by atomic mass is 19.4. The number of carbonyl (C=O) groups is 2. The first-order chi connectivity index (χ1) is 14.8. The van der Waals surface area contributed by atoms with Gasteiger partial charge < -0.3 is 26.2 Å². The number of anilines is 1. The Hall–Kier alpha value is -3.07. The van der Waals surface area contributed by atoms with E-state index in [2.05, 4.69) is 21.0 Å². The minimum Gasteiger partial charge on any atom is -0.475 e. The number of aliphatic carboxylic acids is 1. The molecule has 1 aliphatic rings. The third-order valence-electron chi connectivity index (χ3n) is 4.20. The van der Waals surface area contributed by atoms with Crippen LogP contribution in [0.15, 0.2) is 18.2 Å². The number of carbonyl (C=O) groups excluding carboxylic acids is 1. The van der Waals surface area contributed by atoms with E-state index in [-0.39, 0.29) is 42.8 Å². The second kappa shape index (κ2) is 10.0. The molecule has 0 bridgehead atoms. The van der Waals surface area contributed by atoms with E-state index in [0.717, 1.165) is 12.1 Å². The van der Waals surface area contributed by atoms with Crippen molar-refractivity contribution in [3.8, 4) is 0 Å². The third kappa shape index (κ3) is 6.71. The van der Waals surface area contributed by atoms with E-state index < -0.39 is 23.9 Å². The molecule has 9 nitrogen and oxygen atoms in total. The lowest BCUT2D eigenvalue weighted by atomic mass is 10.1. The van der Waals surface area contributed by atoms with E-state index in [1.54, 1.807) is 0 Å². The Labute approximate surface area is 176 Å². The van der Waals surface area contributed by atoms with E-state index in [9.17, 15) is 31.1 Å². The van der Waals surface area contributed by atoms with Crippen LogP contribution in [0.3, 0.4) is 0 Å². The molecule has 0 atom stereocenters. The molecule has 2 heterocycles. The average molecular weight is 471 g/mol. The quantitative estimate of drug-likeness (QED) is 0.401. The molecular weight excluding hydrogens is 452 g/mol. The summed E-state index contributed by atoms with van der Waals surface area (Å²) in [6.07, 6.45) is -9.56. The van der Waals surface area contributed by atoms with Crippen molar-refractivity contribution in [3.05, 3.63) is 23.8 Å². The van der Waals surface area contributed by atoms with Crippen molar-refractivity contribution < 1.29 is 46.1 Å². The Morgan fingerprint density at radius 1 is 1.19 bits per heavy atom. The topological polar surface area (TPSA) is 129 Å². The van der Waals surface area contributed by atoms with Gasteiger partial charge in [0.25, 0.3) is 0 Å². The van der Waals surface area contributed by atoms with Crippen LogP contribution in [0.2, 0.25) is 0 Å². The number of rotatable bonds is 6.